The first-order valence-corrected chi connectivity index (χ1v) is 7.44. The second-order valence-electron chi connectivity index (χ2n) is 6.35. The van der Waals surface area contributed by atoms with Gasteiger partial charge < -0.3 is 16.0 Å². The zero-order valence-electron chi connectivity index (χ0n) is 11.3. The second-order valence-corrected chi connectivity index (χ2v) is 6.35. The lowest BCUT2D eigenvalue weighted by atomic mass is 9.86. The van der Waals surface area contributed by atoms with E-state index in [4.69, 9.17) is 5.73 Å². The quantitative estimate of drug-likeness (QED) is 0.760. The average Bonchev–Trinajstić information content (AvgIpc) is 3.01. The van der Waals surface area contributed by atoms with Crippen molar-refractivity contribution in [2.75, 3.05) is 19.6 Å². The molecule has 1 aliphatic heterocycles. The van der Waals surface area contributed by atoms with Crippen molar-refractivity contribution < 1.29 is 9.59 Å². The number of rotatable bonds is 3. The lowest BCUT2D eigenvalue weighted by molar-refractivity contribution is -0.141. The molecular formula is C14H23N3O2. The van der Waals surface area contributed by atoms with Gasteiger partial charge in [-0.25, -0.2) is 0 Å². The van der Waals surface area contributed by atoms with Crippen LogP contribution in [0.15, 0.2) is 0 Å². The van der Waals surface area contributed by atoms with Gasteiger partial charge >= 0.3 is 0 Å². The summed E-state index contributed by atoms with van der Waals surface area (Å²) < 4.78 is 0. The van der Waals surface area contributed by atoms with E-state index >= 15 is 0 Å². The van der Waals surface area contributed by atoms with Crippen LogP contribution in [0.2, 0.25) is 0 Å². The number of nitrogens with zero attached hydrogens (tertiary/aromatic N) is 1. The van der Waals surface area contributed by atoms with Crippen molar-refractivity contribution in [1.82, 2.24) is 10.2 Å². The Labute approximate surface area is 113 Å². The number of fused-ring (bicyclic) bond motifs is 2. The van der Waals surface area contributed by atoms with Gasteiger partial charge in [0, 0.05) is 26.1 Å². The summed E-state index contributed by atoms with van der Waals surface area (Å²) in [6.45, 7) is 1.86. The van der Waals surface area contributed by atoms with E-state index in [0.29, 0.717) is 25.4 Å². The molecule has 0 radical (unpaired) electrons. The Morgan fingerprint density at radius 3 is 2.74 bits per heavy atom. The molecule has 3 fully saturated rings. The lowest BCUT2D eigenvalue weighted by Gasteiger charge is -2.35. The Morgan fingerprint density at radius 2 is 2.11 bits per heavy atom. The van der Waals surface area contributed by atoms with E-state index in [1.165, 1.54) is 25.7 Å². The number of hydrogen-bond donors (Lipinski definition) is 2. The van der Waals surface area contributed by atoms with Crippen LogP contribution in [0, 0.1) is 17.8 Å². The summed E-state index contributed by atoms with van der Waals surface area (Å²) in [6.07, 6.45) is 5.80. The molecule has 5 nitrogen and oxygen atoms in total. The number of nitrogens with two attached hydrogens (primary N) is 1. The Hall–Kier alpha value is -1.10. The van der Waals surface area contributed by atoms with E-state index in [1.54, 1.807) is 4.90 Å². The van der Waals surface area contributed by atoms with Gasteiger partial charge in [0.15, 0.2) is 0 Å². The summed E-state index contributed by atoms with van der Waals surface area (Å²) >= 11 is 0. The number of amides is 2. The fourth-order valence-electron chi connectivity index (χ4n) is 4.23. The molecule has 0 spiro atoms. The van der Waals surface area contributed by atoms with Crippen molar-refractivity contribution in [2.24, 2.45) is 23.5 Å². The Morgan fingerprint density at radius 1 is 1.26 bits per heavy atom. The largest absolute Gasteiger partial charge is 0.368 e. The molecule has 3 rings (SSSR count). The van der Waals surface area contributed by atoms with Crippen LogP contribution in [0.5, 0.6) is 0 Å². The highest BCUT2D eigenvalue weighted by Crippen LogP contribution is 2.49. The highest BCUT2D eigenvalue weighted by Gasteiger charge is 2.41. The average molecular weight is 265 g/mol. The molecule has 0 aromatic rings. The molecule has 2 aliphatic carbocycles. The van der Waals surface area contributed by atoms with Gasteiger partial charge in [-0.05, 0) is 37.0 Å². The van der Waals surface area contributed by atoms with Crippen LogP contribution in [0.25, 0.3) is 0 Å². The minimum Gasteiger partial charge on any atom is -0.368 e. The molecule has 4 unspecified atom stereocenters. The molecule has 3 N–H and O–H groups in total. The smallest absolute Gasteiger partial charge is 0.241 e. The fourth-order valence-corrected chi connectivity index (χ4v) is 4.23. The zero-order chi connectivity index (χ0) is 13.4. The molecule has 3 aliphatic rings. The zero-order valence-corrected chi connectivity index (χ0v) is 11.3. The highest BCUT2D eigenvalue weighted by molar-refractivity contribution is 5.87. The van der Waals surface area contributed by atoms with Crippen molar-refractivity contribution in [3.63, 3.8) is 0 Å². The van der Waals surface area contributed by atoms with E-state index in [1.807, 2.05) is 0 Å². The molecule has 5 heteroatoms. The first-order valence-electron chi connectivity index (χ1n) is 7.44. The Bertz CT molecular complexity index is 385. The van der Waals surface area contributed by atoms with Gasteiger partial charge in [-0.2, -0.15) is 0 Å². The summed E-state index contributed by atoms with van der Waals surface area (Å²) in [4.78, 5) is 25.6. The lowest BCUT2D eigenvalue weighted by Crippen LogP contribution is -2.59. The van der Waals surface area contributed by atoms with E-state index < -0.39 is 11.9 Å². The first-order chi connectivity index (χ1) is 9.15. The molecule has 19 heavy (non-hydrogen) atoms. The van der Waals surface area contributed by atoms with E-state index in [9.17, 15) is 9.59 Å². The van der Waals surface area contributed by atoms with Crippen LogP contribution in [0.4, 0.5) is 0 Å². The van der Waals surface area contributed by atoms with E-state index in [2.05, 4.69) is 5.32 Å². The van der Waals surface area contributed by atoms with E-state index in [-0.39, 0.29) is 5.91 Å². The molecule has 0 aromatic heterocycles. The number of nitrogens with one attached hydrogen (secondary N) is 1. The molecule has 1 heterocycles. The molecule has 0 aromatic carbocycles. The molecule has 2 amide bonds. The van der Waals surface area contributed by atoms with Crippen LogP contribution in [0.3, 0.4) is 0 Å². The third-order valence-electron chi connectivity index (χ3n) is 5.21. The molecular weight excluding hydrogens is 242 g/mol. The fraction of sp³-hybridized carbons (Fsp3) is 0.857. The molecule has 106 valence electrons. The van der Waals surface area contributed by atoms with Gasteiger partial charge in [0.05, 0.1) is 0 Å². The van der Waals surface area contributed by atoms with Crippen molar-refractivity contribution in [1.29, 1.82) is 0 Å². The molecule has 2 saturated carbocycles. The SMILES string of the molecule is NC(=O)C1CNCCN1C(=O)CC1CC2CCC1C2. The minimum absolute atomic E-state index is 0.128. The monoisotopic (exact) mass is 265 g/mol. The van der Waals surface area contributed by atoms with Crippen LogP contribution >= 0.6 is 0 Å². The predicted molar refractivity (Wildman–Crippen MR) is 71.1 cm³/mol. The van der Waals surface area contributed by atoms with Crippen molar-refractivity contribution >= 4 is 11.8 Å². The van der Waals surface area contributed by atoms with Gasteiger partial charge in [-0.3, -0.25) is 9.59 Å². The molecule has 4 atom stereocenters. The highest BCUT2D eigenvalue weighted by atomic mass is 16.2. The predicted octanol–water partition coefficient (Wildman–Crippen LogP) is 0.0984. The van der Waals surface area contributed by atoms with Crippen LogP contribution in [0.1, 0.15) is 32.1 Å². The number of carbonyl (C=O) groups is 2. The van der Waals surface area contributed by atoms with Crippen LogP contribution in [-0.2, 0) is 9.59 Å². The van der Waals surface area contributed by atoms with Crippen LogP contribution in [-0.4, -0.2) is 42.4 Å². The number of primary amides is 1. The summed E-state index contributed by atoms with van der Waals surface area (Å²) in [5.41, 5.74) is 5.39. The van der Waals surface area contributed by atoms with Gasteiger partial charge in [-0.1, -0.05) is 6.42 Å². The molecule has 1 saturated heterocycles. The summed E-state index contributed by atoms with van der Waals surface area (Å²) in [6, 6.07) is -0.458. The van der Waals surface area contributed by atoms with Gasteiger partial charge in [-0.15, -0.1) is 0 Å². The van der Waals surface area contributed by atoms with Gasteiger partial charge in [0.25, 0.3) is 0 Å². The minimum atomic E-state index is -0.458. The normalized spacial score (nSPS) is 37.6. The maximum absolute atomic E-state index is 12.4. The van der Waals surface area contributed by atoms with Gasteiger partial charge in [0.1, 0.15) is 6.04 Å². The van der Waals surface area contributed by atoms with Crippen molar-refractivity contribution in [3.8, 4) is 0 Å². The third kappa shape index (κ3) is 2.48. The summed E-state index contributed by atoms with van der Waals surface area (Å²) in [5.74, 6) is 1.90. The number of hydrogen-bond acceptors (Lipinski definition) is 3. The molecule has 2 bridgehead atoms. The number of piperazine rings is 1. The van der Waals surface area contributed by atoms with Crippen molar-refractivity contribution in [2.45, 2.75) is 38.1 Å². The van der Waals surface area contributed by atoms with Gasteiger partial charge in [0.2, 0.25) is 11.8 Å². The first kappa shape index (κ1) is 12.9. The van der Waals surface area contributed by atoms with Crippen molar-refractivity contribution in [3.05, 3.63) is 0 Å². The Kier molecular flexibility index (Phi) is 3.48. The Balaban J connectivity index is 1.61. The second kappa shape index (κ2) is 5.12. The maximum atomic E-state index is 12.4. The third-order valence-corrected chi connectivity index (χ3v) is 5.21. The number of carbonyl (C=O) groups excluding carboxylic acids is 2. The topological polar surface area (TPSA) is 75.4 Å². The standard InChI is InChI=1S/C14H23N3O2/c15-14(19)12-8-16-3-4-17(12)13(18)7-11-6-9-1-2-10(11)5-9/h9-12,16H,1-8H2,(H2,15,19). The van der Waals surface area contributed by atoms with Crippen LogP contribution < -0.4 is 11.1 Å². The van der Waals surface area contributed by atoms with E-state index in [0.717, 1.165) is 18.4 Å². The maximum Gasteiger partial charge on any atom is 0.241 e. The summed E-state index contributed by atoms with van der Waals surface area (Å²) in [7, 11) is 0. The summed E-state index contributed by atoms with van der Waals surface area (Å²) in [5, 5.41) is 3.13.